The van der Waals surface area contributed by atoms with E-state index >= 15 is 0 Å². The quantitative estimate of drug-likeness (QED) is 0.715. The third-order valence-electron chi connectivity index (χ3n) is 2.43. The Balaban J connectivity index is 2.74. The average Bonchev–Trinajstić information content (AvgIpc) is 2.27. The molecular weight excluding hydrogens is 200 g/mol. The van der Waals surface area contributed by atoms with Gasteiger partial charge in [0.1, 0.15) is 5.69 Å². The Morgan fingerprint density at radius 2 is 2.12 bits per heavy atom. The Morgan fingerprint density at radius 1 is 1.44 bits per heavy atom. The standard InChI is InChI=1S/C13H20N2O/c1-5-13(16)12-7-6-11(8-14-12)15(4)9-10(2)3/h6-8,10H,5,9H2,1-4H3. The molecule has 1 aromatic heterocycles. The average molecular weight is 220 g/mol. The van der Waals surface area contributed by atoms with Gasteiger partial charge in [-0.1, -0.05) is 20.8 Å². The highest BCUT2D eigenvalue weighted by Crippen LogP contribution is 2.13. The summed E-state index contributed by atoms with van der Waals surface area (Å²) >= 11 is 0. The third-order valence-corrected chi connectivity index (χ3v) is 2.43. The number of pyridine rings is 1. The monoisotopic (exact) mass is 220 g/mol. The minimum Gasteiger partial charge on any atom is -0.373 e. The third kappa shape index (κ3) is 3.33. The highest BCUT2D eigenvalue weighted by molar-refractivity contribution is 5.94. The van der Waals surface area contributed by atoms with E-state index in [1.165, 1.54) is 0 Å². The molecular formula is C13H20N2O. The Hall–Kier alpha value is -1.38. The van der Waals surface area contributed by atoms with E-state index in [0.717, 1.165) is 12.2 Å². The first-order valence-corrected chi connectivity index (χ1v) is 5.75. The zero-order valence-corrected chi connectivity index (χ0v) is 10.5. The molecule has 0 saturated carbocycles. The molecule has 16 heavy (non-hydrogen) atoms. The number of hydrogen-bond acceptors (Lipinski definition) is 3. The molecule has 0 aliphatic heterocycles. The van der Waals surface area contributed by atoms with Gasteiger partial charge in [0.05, 0.1) is 11.9 Å². The lowest BCUT2D eigenvalue weighted by molar-refractivity contribution is 0.0983. The fourth-order valence-corrected chi connectivity index (χ4v) is 1.61. The molecule has 0 unspecified atom stereocenters. The van der Waals surface area contributed by atoms with Gasteiger partial charge in [0.15, 0.2) is 5.78 Å². The maximum atomic E-state index is 11.4. The van der Waals surface area contributed by atoms with Crippen LogP contribution in [0.4, 0.5) is 5.69 Å². The lowest BCUT2D eigenvalue weighted by Gasteiger charge is -2.21. The number of ketones is 1. The molecule has 88 valence electrons. The van der Waals surface area contributed by atoms with Crippen molar-refractivity contribution in [2.45, 2.75) is 27.2 Å². The van der Waals surface area contributed by atoms with E-state index in [1.807, 2.05) is 20.0 Å². The smallest absolute Gasteiger partial charge is 0.180 e. The van der Waals surface area contributed by atoms with Gasteiger partial charge in [-0.05, 0) is 18.1 Å². The summed E-state index contributed by atoms with van der Waals surface area (Å²) in [5.41, 5.74) is 1.62. The first-order valence-electron chi connectivity index (χ1n) is 5.75. The summed E-state index contributed by atoms with van der Waals surface area (Å²) in [6.45, 7) is 7.20. The molecule has 0 saturated heterocycles. The zero-order chi connectivity index (χ0) is 12.1. The van der Waals surface area contributed by atoms with Crippen LogP contribution < -0.4 is 4.90 Å². The lowest BCUT2D eigenvalue weighted by Crippen LogP contribution is -2.22. The summed E-state index contributed by atoms with van der Waals surface area (Å²) in [7, 11) is 2.04. The Kier molecular flexibility index (Phi) is 4.47. The number of hydrogen-bond donors (Lipinski definition) is 0. The number of Topliss-reactive ketones (excluding diaryl/α,β-unsaturated/α-hetero) is 1. The van der Waals surface area contributed by atoms with Crippen molar-refractivity contribution in [2.24, 2.45) is 5.92 Å². The van der Waals surface area contributed by atoms with Crippen LogP contribution in [-0.4, -0.2) is 24.4 Å². The normalized spacial score (nSPS) is 10.6. The number of aromatic nitrogens is 1. The second-order valence-electron chi connectivity index (χ2n) is 4.45. The number of rotatable bonds is 5. The first kappa shape index (κ1) is 12.7. The van der Waals surface area contributed by atoms with Gasteiger partial charge < -0.3 is 4.90 Å². The molecule has 0 N–H and O–H groups in total. The van der Waals surface area contributed by atoms with E-state index in [4.69, 9.17) is 0 Å². The Bertz CT molecular complexity index is 343. The van der Waals surface area contributed by atoms with Gasteiger partial charge in [-0.3, -0.25) is 9.78 Å². The molecule has 0 aromatic carbocycles. The molecule has 0 radical (unpaired) electrons. The van der Waals surface area contributed by atoms with Crippen molar-refractivity contribution in [1.82, 2.24) is 4.98 Å². The summed E-state index contributed by atoms with van der Waals surface area (Å²) in [5.74, 6) is 0.708. The van der Waals surface area contributed by atoms with Crippen molar-refractivity contribution in [3.63, 3.8) is 0 Å². The summed E-state index contributed by atoms with van der Waals surface area (Å²) in [5, 5.41) is 0. The van der Waals surface area contributed by atoms with Crippen LogP contribution in [0, 0.1) is 5.92 Å². The molecule has 3 heteroatoms. The van der Waals surface area contributed by atoms with Crippen LogP contribution in [0.2, 0.25) is 0 Å². The van der Waals surface area contributed by atoms with Gasteiger partial charge in [0.25, 0.3) is 0 Å². The minimum atomic E-state index is 0.0954. The Labute approximate surface area is 97.5 Å². The molecule has 0 spiro atoms. The highest BCUT2D eigenvalue weighted by atomic mass is 16.1. The van der Waals surface area contributed by atoms with E-state index in [9.17, 15) is 4.79 Å². The molecule has 0 bridgehead atoms. The molecule has 3 nitrogen and oxygen atoms in total. The molecule has 0 aliphatic rings. The van der Waals surface area contributed by atoms with E-state index in [1.54, 1.807) is 12.3 Å². The van der Waals surface area contributed by atoms with Crippen LogP contribution in [0.5, 0.6) is 0 Å². The topological polar surface area (TPSA) is 33.2 Å². The summed E-state index contributed by atoms with van der Waals surface area (Å²) < 4.78 is 0. The predicted octanol–water partition coefficient (Wildman–Crippen LogP) is 2.77. The van der Waals surface area contributed by atoms with Crippen molar-refractivity contribution in [3.8, 4) is 0 Å². The lowest BCUT2D eigenvalue weighted by atomic mass is 10.2. The SMILES string of the molecule is CCC(=O)c1ccc(N(C)CC(C)C)cn1. The summed E-state index contributed by atoms with van der Waals surface area (Å²) in [4.78, 5) is 17.7. The molecule has 1 heterocycles. The van der Waals surface area contributed by atoms with E-state index in [0.29, 0.717) is 18.0 Å². The molecule has 0 amide bonds. The molecule has 0 atom stereocenters. The van der Waals surface area contributed by atoms with Crippen molar-refractivity contribution >= 4 is 11.5 Å². The summed E-state index contributed by atoms with van der Waals surface area (Å²) in [6.07, 6.45) is 2.28. The fraction of sp³-hybridized carbons (Fsp3) is 0.538. The van der Waals surface area contributed by atoms with Gasteiger partial charge in [0, 0.05) is 20.0 Å². The molecule has 1 rings (SSSR count). The van der Waals surface area contributed by atoms with Crippen molar-refractivity contribution in [1.29, 1.82) is 0 Å². The minimum absolute atomic E-state index is 0.0954. The maximum Gasteiger partial charge on any atom is 0.180 e. The second-order valence-corrected chi connectivity index (χ2v) is 4.45. The van der Waals surface area contributed by atoms with Gasteiger partial charge in [0.2, 0.25) is 0 Å². The van der Waals surface area contributed by atoms with Crippen molar-refractivity contribution < 1.29 is 4.79 Å². The molecule has 0 fully saturated rings. The van der Waals surface area contributed by atoms with Crippen molar-refractivity contribution in [3.05, 3.63) is 24.0 Å². The van der Waals surface area contributed by atoms with E-state index in [2.05, 4.69) is 23.7 Å². The van der Waals surface area contributed by atoms with Gasteiger partial charge in [-0.15, -0.1) is 0 Å². The number of nitrogens with zero attached hydrogens (tertiary/aromatic N) is 2. The van der Waals surface area contributed by atoms with Crippen LogP contribution in [0.3, 0.4) is 0 Å². The number of carbonyl (C=O) groups excluding carboxylic acids is 1. The van der Waals surface area contributed by atoms with Crippen LogP contribution in [0.1, 0.15) is 37.7 Å². The van der Waals surface area contributed by atoms with E-state index < -0.39 is 0 Å². The largest absolute Gasteiger partial charge is 0.373 e. The zero-order valence-electron chi connectivity index (χ0n) is 10.5. The van der Waals surface area contributed by atoms with E-state index in [-0.39, 0.29) is 5.78 Å². The summed E-state index contributed by atoms with van der Waals surface area (Å²) in [6, 6.07) is 3.76. The van der Waals surface area contributed by atoms with Crippen LogP contribution in [0.25, 0.3) is 0 Å². The highest BCUT2D eigenvalue weighted by Gasteiger charge is 2.07. The number of anilines is 1. The second kappa shape index (κ2) is 5.64. The van der Waals surface area contributed by atoms with Crippen LogP contribution in [-0.2, 0) is 0 Å². The maximum absolute atomic E-state index is 11.4. The van der Waals surface area contributed by atoms with Gasteiger partial charge in [-0.2, -0.15) is 0 Å². The van der Waals surface area contributed by atoms with Gasteiger partial charge >= 0.3 is 0 Å². The van der Waals surface area contributed by atoms with Crippen molar-refractivity contribution in [2.75, 3.05) is 18.5 Å². The van der Waals surface area contributed by atoms with Crippen LogP contribution in [0.15, 0.2) is 18.3 Å². The number of carbonyl (C=O) groups is 1. The fourth-order valence-electron chi connectivity index (χ4n) is 1.61. The predicted molar refractivity (Wildman–Crippen MR) is 67.0 cm³/mol. The first-order chi connectivity index (χ1) is 7.54. The molecule has 1 aromatic rings. The van der Waals surface area contributed by atoms with Gasteiger partial charge in [-0.25, -0.2) is 0 Å². The molecule has 0 aliphatic carbocycles. The van der Waals surface area contributed by atoms with Crippen LogP contribution >= 0.6 is 0 Å². The Morgan fingerprint density at radius 3 is 2.56 bits per heavy atom.